The summed E-state index contributed by atoms with van der Waals surface area (Å²) in [6.07, 6.45) is 0.877. The first-order chi connectivity index (χ1) is 7.71. The van der Waals surface area contributed by atoms with Gasteiger partial charge in [0.05, 0.1) is 13.7 Å². The van der Waals surface area contributed by atoms with Gasteiger partial charge in [0.25, 0.3) is 0 Å². The number of ether oxygens (including phenoxy) is 2. The Kier molecular flexibility index (Phi) is 4.79. The van der Waals surface area contributed by atoms with Crippen LogP contribution in [0, 0.1) is 0 Å². The third-order valence-corrected chi connectivity index (χ3v) is 2.29. The third-order valence-electron chi connectivity index (χ3n) is 2.29. The van der Waals surface area contributed by atoms with E-state index in [1.807, 2.05) is 25.1 Å². The van der Waals surface area contributed by atoms with Gasteiger partial charge in [-0.3, -0.25) is 4.79 Å². The normalized spacial score (nSPS) is 9.94. The molecule has 0 aliphatic carbocycles. The zero-order valence-corrected chi connectivity index (χ0v) is 9.66. The average molecular weight is 223 g/mol. The van der Waals surface area contributed by atoms with E-state index in [2.05, 4.69) is 0 Å². The van der Waals surface area contributed by atoms with Crippen molar-refractivity contribution in [2.45, 2.75) is 20.0 Å². The summed E-state index contributed by atoms with van der Waals surface area (Å²) in [5, 5.41) is 0. The number of carbonyl (C=O) groups is 1. The van der Waals surface area contributed by atoms with Crippen LogP contribution in [0.4, 0.5) is 0 Å². The number of hydrogen-bond donors (Lipinski definition) is 1. The van der Waals surface area contributed by atoms with Crippen molar-refractivity contribution in [2.24, 2.45) is 5.73 Å². The molecule has 4 nitrogen and oxygen atoms in total. The molecule has 0 aliphatic rings. The number of rotatable bonds is 5. The van der Waals surface area contributed by atoms with Crippen molar-refractivity contribution in [1.29, 1.82) is 0 Å². The van der Waals surface area contributed by atoms with Crippen LogP contribution < -0.4 is 10.5 Å². The van der Waals surface area contributed by atoms with Crippen LogP contribution in [-0.4, -0.2) is 19.6 Å². The van der Waals surface area contributed by atoms with Gasteiger partial charge in [0.2, 0.25) is 0 Å². The first-order valence-corrected chi connectivity index (χ1v) is 5.22. The minimum atomic E-state index is -0.395. The second-order valence-corrected chi connectivity index (χ2v) is 3.36. The molecule has 1 rings (SSSR count). The lowest BCUT2D eigenvalue weighted by Crippen LogP contribution is -2.16. The molecule has 2 N–H and O–H groups in total. The molecule has 0 radical (unpaired) electrons. The molecule has 0 saturated heterocycles. The van der Waals surface area contributed by atoms with E-state index in [0.717, 1.165) is 23.3 Å². The van der Waals surface area contributed by atoms with Gasteiger partial charge in [0, 0.05) is 0 Å². The molecular weight excluding hydrogens is 206 g/mol. The predicted octanol–water partition coefficient (Wildman–Crippen LogP) is 1.26. The molecule has 0 saturated carbocycles. The molecule has 0 amide bonds. The van der Waals surface area contributed by atoms with Crippen LogP contribution in [0.15, 0.2) is 18.2 Å². The summed E-state index contributed by atoms with van der Waals surface area (Å²) in [5.74, 6) is 0.463. The highest BCUT2D eigenvalue weighted by Crippen LogP contribution is 2.20. The lowest BCUT2D eigenvalue weighted by Gasteiger charge is -2.09. The molecule has 4 heteroatoms. The van der Waals surface area contributed by atoms with E-state index in [1.54, 1.807) is 7.11 Å². The molecule has 0 aliphatic heterocycles. The second kappa shape index (κ2) is 6.12. The fourth-order valence-electron chi connectivity index (χ4n) is 1.42. The summed E-state index contributed by atoms with van der Waals surface area (Å²) in [6.45, 7) is 2.22. The summed E-state index contributed by atoms with van der Waals surface area (Å²) < 4.78 is 10.2. The largest absolute Gasteiger partial charge is 0.496 e. The van der Waals surface area contributed by atoms with Gasteiger partial charge in [0.15, 0.2) is 0 Å². The van der Waals surface area contributed by atoms with E-state index >= 15 is 0 Å². The molecule has 0 fully saturated rings. The second-order valence-electron chi connectivity index (χ2n) is 3.36. The topological polar surface area (TPSA) is 61.5 Å². The lowest BCUT2D eigenvalue weighted by molar-refractivity contribution is -0.143. The highest BCUT2D eigenvalue weighted by atomic mass is 16.5. The highest BCUT2D eigenvalue weighted by Gasteiger charge is 2.04. The number of methoxy groups -OCH3 is 1. The number of hydrogen-bond acceptors (Lipinski definition) is 4. The Hall–Kier alpha value is -1.55. The van der Waals surface area contributed by atoms with Gasteiger partial charge < -0.3 is 15.2 Å². The molecular formula is C12H17NO3. The minimum absolute atomic E-state index is 0.0865. The van der Waals surface area contributed by atoms with Crippen LogP contribution in [-0.2, 0) is 22.6 Å². The van der Waals surface area contributed by atoms with Crippen LogP contribution in [0.2, 0.25) is 0 Å². The minimum Gasteiger partial charge on any atom is -0.496 e. The third kappa shape index (κ3) is 3.24. The molecule has 0 heterocycles. The maximum absolute atomic E-state index is 10.9. The lowest BCUT2D eigenvalue weighted by atomic mass is 10.1. The number of benzene rings is 1. The monoisotopic (exact) mass is 223 g/mol. The maximum atomic E-state index is 10.9. The van der Waals surface area contributed by atoms with E-state index in [9.17, 15) is 4.79 Å². The molecule has 0 bridgehead atoms. The number of aryl methyl sites for hydroxylation is 1. The van der Waals surface area contributed by atoms with Gasteiger partial charge in [0.1, 0.15) is 12.4 Å². The Bertz CT molecular complexity index is 363. The molecule has 0 atom stereocenters. The zero-order chi connectivity index (χ0) is 12.0. The van der Waals surface area contributed by atoms with E-state index in [-0.39, 0.29) is 13.2 Å². The van der Waals surface area contributed by atoms with Crippen LogP contribution in [0.25, 0.3) is 0 Å². The molecule has 1 aromatic carbocycles. The number of carbonyl (C=O) groups excluding carboxylic acids is 1. The van der Waals surface area contributed by atoms with E-state index < -0.39 is 5.97 Å². The Morgan fingerprint density at radius 1 is 1.44 bits per heavy atom. The Morgan fingerprint density at radius 2 is 2.19 bits per heavy atom. The van der Waals surface area contributed by atoms with Crippen molar-refractivity contribution >= 4 is 5.97 Å². The van der Waals surface area contributed by atoms with Crippen molar-refractivity contribution in [3.8, 4) is 5.75 Å². The SMILES string of the molecule is CCc1cc(COC(=O)CN)ccc1OC. The molecule has 0 aromatic heterocycles. The first-order valence-electron chi connectivity index (χ1n) is 5.22. The maximum Gasteiger partial charge on any atom is 0.320 e. The number of esters is 1. The summed E-state index contributed by atoms with van der Waals surface area (Å²) in [7, 11) is 1.64. The predicted molar refractivity (Wildman–Crippen MR) is 61.2 cm³/mol. The van der Waals surface area contributed by atoms with E-state index in [4.69, 9.17) is 15.2 Å². The first kappa shape index (κ1) is 12.5. The zero-order valence-electron chi connectivity index (χ0n) is 9.66. The molecule has 16 heavy (non-hydrogen) atoms. The molecule has 0 spiro atoms. The van der Waals surface area contributed by atoms with Gasteiger partial charge >= 0.3 is 5.97 Å². The van der Waals surface area contributed by atoms with E-state index in [0.29, 0.717) is 0 Å². The Labute approximate surface area is 95.3 Å². The molecule has 88 valence electrons. The smallest absolute Gasteiger partial charge is 0.320 e. The summed E-state index contributed by atoms with van der Waals surface area (Å²) >= 11 is 0. The molecule has 0 unspecified atom stereocenters. The fraction of sp³-hybridized carbons (Fsp3) is 0.417. The highest BCUT2D eigenvalue weighted by molar-refractivity contribution is 5.71. The van der Waals surface area contributed by atoms with Crippen LogP contribution in [0.5, 0.6) is 5.75 Å². The van der Waals surface area contributed by atoms with Gasteiger partial charge in [-0.25, -0.2) is 0 Å². The molecule has 1 aromatic rings. The summed E-state index contributed by atoms with van der Waals surface area (Å²) in [5.41, 5.74) is 7.19. The fourth-order valence-corrected chi connectivity index (χ4v) is 1.42. The standard InChI is InChI=1S/C12H17NO3/c1-3-10-6-9(4-5-11(10)15-2)8-16-12(14)7-13/h4-6H,3,7-8,13H2,1-2H3. The Morgan fingerprint density at radius 3 is 2.75 bits per heavy atom. The van der Waals surface area contributed by atoms with Gasteiger partial charge in [-0.15, -0.1) is 0 Å². The average Bonchev–Trinajstić information content (AvgIpc) is 2.35. The summed E-state index contributed by atoms with van der Waals surface area (Å²) in [6, 6.07) is 5.73. The van der Waals surface area contributed by atoms with Crippen LogP contribution >= 0.6 is 0 Å². The number of nitrogens with two attached hydrogens (primary N) is 1. The van der Waals surface area contributed by atoms with E-state index in [1.165, 1.54) is 0 Å². The van der Waals surface area contributed by atoms with Crippen LogP contribution in [0.3, 0.4) is 0 Å². The van der Waals surface area contributed by atoms with Crippen molar-refractivity contribution in [2.75, 3.05) is 13.7 Å². The quantitative estimate of drug-likeness (QED) is 0.763. The van der Waals surface area contributed by atoms with Gasteiger partial charge in [-0.2, -0.15) is 0 Å². The van der Waals surface area contributed by atoms with Crippen molar-refractivity contribution < 1.29 is 14.3 Å². The van der Waals surface area contributed by atoms with Crippen LogP contribution in [0.1, 0.15) is 18.1 Å². The summed E-state index contributed by atoms with van der Waals surface area (Å²) in [4.78, 5) is 10.9. The van der Waals surface area contributed by atoms with Crippen molar-refractivity contribution in [1.82, 2.24) is 0 Å². The van der Waals surface area contributed by atoms with Crippen molar-refractivity contribution in [3.63, 3.8) is 0 Å². The van der Waals surface area contributed by atoms with Crippen molar-refractivity contribution in [3.05, 3.63) is 29.3 Å². The Balaban J connectivity index is 2.71. The van der Waals surface area contributed by atoms with Gasteiger partial charge in [-0.1, -0.05) is 13.0 Å². The van der Waals surface area contributed by atoms with Gasteiger partial charge in [-0.05, 0) is 29.7 Å².